The summed E-state index contributed by atoms with van der Waals surface area (Å²) in [4.78, 5) is 4.12. The molecule has 0 saturated heterocycles. The summed E-state index contributed by atoms with van der Waals surface area (Å²) in [6.07, 6.45) is 4.34. The Balaban J connectivity index is 1.87. The summed E-state index contributed by atoms with van der Waals surface area (Å²) < 4.78 is 5.77. The SMILES string of the molecule is Cc1cc(OC2CC(CN)C2)ccn1. The van der Waals surface area contributed by atoms with E-state index in [4.69, 9.17) is 10.5 Å². The number of hydrogen-bond acceptors (Lipinski definition) is 3. The van der Waals surface area contributed by atoms with Crippen LogP contribution in [0.4, 0.5) is 0 Å². The van der Waals surface area contributed by atoms with Crippen LogP contribution in [-0.4, -0.2) is 17.6 Å². The van der Waals surface area contributed by atoms with Gasteiger partial charge < -0.3 is 10.5 Å². The fraction of sp³-hybridized carbons (Fsp3) is 0.545. The smallest absolute Gasteiger partial charge is 0.123 e. The number of nitrogens with two attached hydrogens (primary N) is 1. The second-order valence-corrected chi connectivity index (χ2v) is 3.95. The Morgan fingerprint density at radius 3 is 3.00 bits per heavy atom. The zero-order chi connectivity index (χ0) is 9.97. The van der Waals surface area contributed by atoms with Crippen LogP contribution in [0.2, 0.25) is 0 Å². The zero-order valence-corrected chi connectivity index (χ0v) is 8.44. The van der Waals surface area contributed by atoms with Crippen molar-refractivity contribution in [2.75, 3.05) is 6.54 Å². The van der Waals surface area contributed by atoms with Gasteiger partial charge in [-0.2, -0.15) is 0 Å². The largest absolute Gasteiger partial charge is 0.490 e. The van der Waals surface area contributed by atoms with Gasteiger partial charge in [-0.05, 0) is 38.3 Å². The van der Waals surface area contributed by atoms with Crippen molar-refractivity contribution in [3.05, 3.63) is 24.0 Å². The summed E-state index contributed by atoms with van der Waals surface area (Å²) in [5, 5.41) is 0. The molecule has 0 atom stereocenters. The maximum atomic E-state index is 5.77. The Labute approximate surface area is 84.3 Å². The molecule has 0 bridgehead atoms. The fourth-order valence-electron chi connectivity index (χ4n) is 1.75. The lowest BCUT2D eigenvalue weighted by atomic mass is 9.82. The minimum atomic E-state index is 0.366. The van der Waals surface area contributed by atoms with Crippen molar-refractivity contribution in [2.24, 2.45) is 11.7 Å². The maximum absolute atomic E-state index is 5.77. The summed E-state index contributed by atoms with van der Waals surface area (Å²) in [6, 6.07) is 3.87. The molecule has 1 fully saturated rings. The first kappa shape index (κ1) is 9.46. The number of pyridine rings is 1. The van der Waals surface area contributed by atoms with E-state index in [1.54, 1.807) is 6.20 Å². The van der Waals surface area contributed by atoms with Crippen LogP contribution < -0.4 is 10.5 Å². The predicted molar refractivity (Wildman–Crippen MR) is 55.2 cm³/mol. The number of ether oxygens (including phenoxy) is 1. The van der Waals surface area contributed by atoms with Gasteiger partial charge in [0.15, 0.2) is 0 Å². The minimum Gasteiger partial charge on any atom is -0.490 e. The molecule has 1 aliphatic rings. The lowest BCUT2D eigenvalue weighted by Crippen LogP contribution is -2.37. The van der Waals surface area contributed by atoms with Crippen LogP contribution in [0.5, 0.6) is 5.75 Å². The Kier molecular flexibility index (Phi) is 2.68. The Hall–Kier alpha value is -1.09. The zero-order valence-electron chi connectivity index (χ0n) is 8.44. The molecule has 0 aliphatic heterocycles. The topological polar surface area (TPSA) is 48.1 Å². The Morgan fingerprint density at radius 1 is 1.57 bits per heavy atom. The summed E-state index contributed by atoms with van der Waals surface area (Å²) in [5.74, 6) is 1.60. The molecule has 0 aromatic carbocycles. The first-order chi connectivity index (χ1) is 6.78. The van der Waals surface area contributed by atoms with E-state index in [0.717, 1.165) is 30.8 Å². The highest BCUT2D eigenvalue weighted by Crippen LogP contribution is 2.30. The average molecular weight is 192 g/mol. The third-order valence-electron chi connectivity index (χ3n) is 2.70. The van der Waals surface area contributed by atoms with E-state index in [1.165, 1.54) is 0 Å². The van der Waals surface area contributed by atoms with Crippen molar-refractivity contribution in [3.8, 4) is 5.75 Å². The molecule has 1 saturated carbocycles. The van der Waals surface area contributed by atoms with Crippen LogP contribution in [0.15, 0.2) is 18.3 Å². The number of nitrogens with zero attached hydrogens (tertiary/aromatic N) is 1. The third kappa shape index (κ3) is 2.04. The molecule has 2 rings (SSSR count). The molecule has 0 amide bonds. The second-order valence-electron chi connectivity index (χ2n) is 3.95. The first-order valence-corrected chi connectivity index (χ1v) is 5.07. The van der Waals surface area contributed by atoms with Crippen molar-refractivity contribution in [2.45, 2.75) is 25.9 Å². The van der Waals surface area contributed by atoms with E-state index in [1.807, 2.05) is 19.1 Å². The van der Waals surface area contributed by atoms with E-state index < -0.39 is 0 Å². The predicted octanol–water partition coefficient (Wildman–Crippen LogP) is 1.51. The monoisotopic (exact) mass is 192 g/mol. The quantitative estimate of drug-likeness (QED) is 0.789. The lowest BCUT2D eigenvalue weighted by molar-refractivity contribution is 0.0689. The van der Waals surface area contributed by atoms with Crippen molar-refractivity contribution < 1.29 is 4.74 Å². The standard InChI is InChI=1S/C11H16N2O/c1-8-4-10(2-3-13-8)14-11-5-9(6-11)7-12/h2-4,9,11H,5-7,12H2,1H3. The molecule has 1 aromatic rings. The fourth-order valence-corrected chi connectivity index (χ4v) is 1.75. The molecular weight excluding hydrogens is 176 g/mol. The van der Waals surface area contributed by atoms with Crippen LogP contribution >= 0.6 is 0 Å². The molecule has 3 heteroatoms. The molecule has 3 nitrogen and oxygen atoms in total. The molecule has 0 radical (unpaired) electrons. The summed E-state index contributed by atoms with van der Waals surface area (Å²) >= 11 is 0. The van der Waals surface area contributed by atoms with Gasteiger partial charge in [0.1, 0.15) is 5.75 Å². The highest BCUT2D eigenvalue weighted by molar-refractivity contribution is 5.22. The summed E-state index contributed by atoms with van der Waals surface area (Å²) in [7, 11) is 0. The van der Waals surface area contributed by atoms with Gasteiger partial charge in [0.05, 0.1) is 6.10 Å². The highest BCUT2D eigenvalue weighted by Gasteiger charge is 2.29. The van der Waals surface area contributed by atoms with Crippen LogP contribution in [0.25, 0.3) is 0 Å². The molecule has 0 unspecified atom stereocenters. The molecule has 2 N–H and O–H groups in total. The second kappa shape index (κ2) is 3.96. The average Bonchev–Trinajstić information content (AvgIpc) is 2.10. The van der Waals surface area contributed by atoms with Gasteiger partial charge in [0, 0.05) is 18.0 Å². The molecule has 1 aromatic heterocycles. The molecular formula is C11H16N2O. The number of rotatable bonds is 3. The van der Waals surface area contributed by atoms with Gasteiger partial charge in [-0.25, -0.2) is 0 Å². The van der Waals surface area contributed by atoms with Crippen molar-refractivity contribution in [3.63, 3.8) is 0 Å². The minimum absolute atomic E-state index is 0.366. The van der Waals surface area contributed by atoms with Gasteiger partial charge in [-0.15, -0.1) is 0 Å². The van der Waals surface area contributed by atoms with Gasteiger partial charge >= 0.3 is 0 Å². The van der Waals surface area contributed by atoms with E-state index >= 15 is 0 Å². The number of aryl methyl sites for hydroxylation is 1. The van der Waals surface area contributed by atoms with Gasteiger partial charge in [-0.1, -0.05) is 0 Å². The molecule has 0 spiro atoms. The van der Waals surface area contributed by atoms with E-state index in [2.05, 4.69) is 4.98 Å². The molecule has 14 heavy (non-hydrogen) atoms. The van der Waals surface area contributed by atoms with Gasteiger partial charge in [-0.3, -0.25) is 4.98 Å². The number of hydrogen-bond donors (Lipinski definition) is 1. The molecule has 1 aliphatic carbocycles. The van der Waals surface area contributed by atoms with Crippen LogP contribution in [-0.2, 0) is 0 Å². The van der Waals surface area contributed by atoms with Crippen LogP contribution in [0.3, 0.4) is 0 Å². The van der Waals surface area contributed by atoms with Gasteiger partial charge in [0.2, 0.25) is 0 Å². The molecule has 76 valence electrons. The molecule has 1 heterocycles. The summed E-state index contributed by atoms with van der Waals surface area (Å²) in [6.45, 7) is 2.76. The lowest BCUT2D eigenvalue weighted by Gasteiger charge is -2.34. The Morgan fingerprint density at radius 2 is 2.36 bits per heavy atom. The van der Waals surface area contributed by atoms with Crippen LogP contribution in [0, 0.1) is 12.8 Å². The van der Waals surface area contributed by atoms with Crippen molar-refractivity contribution in [1.29, 1.82) is 0 Å². The Bertz CT molecular complexity index is 308. The van der Waals surface area contributed by atoms with Crippen LogP contribution in [0.1, 0.15) is 18.5 Å². The third-order valence-corrected chi connectivity index (χ3v) is 2.70. The van der Waals surface area contributed by atoms with E-state index in [0.29, 0.717) is 12.0 Å². The van der Waals surface area contributed by atoms with Crippen molar-refractivity contribution in [1.82, 2.24) is 4.98 Å². The normalized spacial score (nSPS) is 25.6. The number of aromatic nitrogens is 1. The maximum Gasteiger partial charge on any atom is 0.123 e. The van der Waals surface area contributed by atoms with Crippen molar-refractivity contribution >= 4 is 0 Å². The highest BCUT2D eigenvalue weighted by atomic mass is 16.5. The first-order valence-electron chi connectivity index (χ1n) is 5.07. The van der Waals surface area contributed by atoms with Gasteiger partial charge in [0.25, 0.3) is 0 Å². The summed E-state index contributed by atoms with van der Waals surface area (Å²) in [5.41, 5.74) is 6.55. The van der Waals surface area contributed by atoms with E-state index in [-0.39, 0.29) is 0 Å². The van der Waals surface area contributed by atoms with E-state index in [9.17, 15) is 0 Å².